The number of aryl methyl sites for hydroxylation is 1. The van der Waals surface area contributed by atoms with Crippen molar-refractivity contribution in [2.75, 3.05) is 38.2 Å². The maximum Gasteiger partial charge on any atom is 0.263 e. The SMILES string of the molecule is COc1ccccc1CNC(=O)Cn1cnc2sc(C)c(S(=O)(=O)N3CCN(c4ncccn4)CC3)c2c1=O. The van der Waals surface area contributed by atoms with Crippen molar-refractivity contribution in [1.29, 1.82) is 0 Å². The summed E-state index contributed by atoms with van der Waals surface area (Å²) >= 11 is 1.15. The van der Waals surface area contributed by atoms with Gasteiger partial charge in [-0.25, -0.2) is 23.4 Å². The molecule has 0 unspecified atom stereocenters. The van der Waals surface area contributed by atoms with Crippen molar-refractivity contribution in [2.45, 2.75) is 24.9 Å². The van der Waals surface area contributed by atoms with E-state index in [-0.39, 0.29) is 36.5 Å². The summed E-state index contributed by atoms with van der Waals surface area (Å²) in [5, 5.41) is 2.78. The number of fused-ring (bicyclic) bond motifs is 1. The van der Waals surface area contributed by atoms with Crippen LogP contribution in [0.4, 0.5) is 5.95 Å². The molecule has 1 amide bonds. The van der Waals surface area contributed by atoms with E-state index in [1.165, 1.54) is 10.6 Å². The van der Waals surface area contributed by atoms with Crippen LogP contribution in [0.3, 0.4) is 0 Å². The zero-order valence-electron chi connectivity index (χ0n) is 21.4. The van der Waals surface area contributed by atoms with E-state index < -0.39 is 21.5 Å². The minimum Gasteiger partial charge on any atom is -0.496 e. The molecule has 1 N–H and O–H groups in total. The highest BCUT2D eigenvalue weighted by atomic mass is 32.2. The molecule has 1 aliphatic heterocycles. The van der Waals surface area contributed by atoms with Gasteiger partial charge >= 0.3 is 0 Å². The van der Waals surface area contributed by atoms with Crippen molar-refractivity contribution in [3.05, 3.63) is 69.8 Å². The largest absolute Gasteiger partial charge is 0.496 e. The molecule has 1 aromatic carbocycles. The molecule has 14 heteroatoms. The number of para-hydroxylation sites is 1. The van der Waals surface area contributed by atoms with Gasteiger partial charge in [-0.15, -0.1) is 11.3 Å². The molecular weight excluding hydrogens is 542 g/mol. The number of methoxy groups -OCH3 is 1. The topological polar surface area (TPSA) is 140 Å². The van der Waals surface area contributed by atoms with Gasteiger partial charge in [0.05, 0.1) is 18.8 Å². The highest BCUT2D eigenvalue weighted by molar-refractivity contribution is 7.89. The number of nitrogens with one attached hydrogen (secondary N) is 1. The van der Waals surface area contributed by atoms with E-state index in [2.05, 4.69) is 20.3 Å². The van der Waals surface area contributed by atoms with Crippen LogP contribution in [0, 0.1) is 6.92 Å². The highest BCUT2D eigenvalue weighted by Crippen LogP contribution is 2.33. The fourth-order valence-electron chi connectivity index (χ4n) is 4.50. The predicted molar refractivity (Wildman–Crippen MR) is 146 cm³/mol. The van der Waals surface area contributed by atoms with Crippen LogP contribution in [0.25, 0.3) is 10.2 Å². The first-order chi connectivity index (χ1) is 18.8. The third-order valence-electron chi connectivity index (χ3n) is 6.45. The monoisotopic (exact) mass is 569 g/mol. The van der Waals surface area contributed by atoms with Crippen LogP contribution in [0.5, 0.6) is 5.75 Å². The summed E-state index contributed by atoms with van der Waals surface area (Å²) in [5.74, 6) is 0.765. The van der Waals surface area contributed by atoms with Gasteiger partial charge in [0.25, 0.3) is 5.56 Å². The summed E-state index contributed by atoms with van der Waals surface area (Å²) in [5.41, 5.74) is 0.210. The number of thiophene rings is 1. The van der Waals surface area contributed by atoms with Gasteiger partial charge < -0.3 is 15.0 Å². The van der Waals surface area contributed by atoms with Crippen LogP contribution in [-0.2, 0) is 27.9 Å². The number of amides is 1. The van der Waals surface area contributed by atoms with Crippen molar-refractivity contribution in [2.24, 2.45) is 0 Å². The molecule has 1 fully saturated rings. The minimum absolute atomic E-state index is 0.00588. The molecule has 0 atom stereocenters. The van der Waals surface area contributed by atoms with Crippen molar-refractivity contribution >= 4 is 43.4 Å². The van der Waals surface area contributed by atoms with E-state index in [1.54, 1.807) is 38.6 Å². The van der Waals surface area contributed by atoms with Crippen LogP contribution in [-0.4, -0.2) is 71.4 Å². The molecule has 4 heterocycles. The molecule has 1 aliphatic rings. The molecule has 0 radical (unpaired) electrons. The van der Waals surface area contributed by atoms with Crippen LogP contribution in [0.1, 0.15) is 10.4 Å². The van der Waals surface area contributed by atoms with E-state index in [9.17, 15) is 18.0 Å². The Morgan fingerprint density at radius 2 is 1.79 bits per heavy atom. The molecular formula is C25H27N7O5S2. The van der Waals surface area contributed by atoms with Crippen molar-refractivity contribution in [3.8, 4) is 5.75 Å². The molecule has 3 aromatic heterocycles. The fourth-order valence-corrected chi connectivity index (χ4v) is 7.59. The number of ether oxygens (including phenoxy) is 1. The number of sulfonamides is 1. The second-order valence-corrected chi connectivity index (χ2v) is 12.0. The first-order valence-corrected chi connectivity index (χ1v) is 14.4. The third kappa shape index (κ3) is 5.35. The lowest BCUT2D eigenvalue weighted by Gasteiger charge is -2.33. The molecule has 0 spiro atoms. The summed E-state index contributed by atoms with van der Waals surface area (Å²) < 4.78 is 35.3. The van der Waals surface area contributed by atoms with E-state index in [0.29, 0.717) is 34.5 Å². The van der Waals surface area contributed by atoms with Crippen LogP contribution < -0.4 is 20.5 Å². The standard InChI is InChI=1S/C25H27N7O5S2/c1-17-22(39(35,36)32-12-10-30(11-13-32)25-26-8-5-9-27-25)21-23(38-17)29-16-31(24(21)34)15-20(33)28-14-18-6-3-4-7-19(18)37-2/h3-9,16H,10-15H2,1-2H3,(H,28,33). The number of anilines is 1. The molecule has 204 valence electrons. The second-order valence-electron chi connectivity index (χ2n) is 8.87. The summed E-state index contributed by atoms with van der Waals surface area (Å²) in [6, 6.07) is 9.01. The Morgan fingerprint density at radius 3 is 2.51 bits per heavy atom. The quantitative estimate of drug-likeness (QED) is 0.333. The number of carbonyl (C=O) groups excluding carboxylic acids is 1. The molecule has 4 aromatic rings. The Kier molecular flexibility index (Phi) is 7.59. The number of benzene rings is 1. The van der Waals surface area contributed by atoms with Gasteiger partial charge in [-0.05, 0) is 19.1 Å². The average Bonchev–Trinajstić information content (AvgIpc) is 3.31. The first kappa shape index (κ1) is 26.7. The minimum atomic E-state index is -3.99. The maximum absolute atomic E-state index is 13.7. The number of rotatable bonds is 8. The van der Waals surface area contributed by atoms with Crippen molar-refractivity contribution < 1.29 is 17.9 Å². The number of carbonyl (C=O) groups is 1. The molecule has 5 rings (SSSR count). The van der Waals surface area contributed by atoms with E-state index in [0.717, 1.165) is 21.5 Å². The summed E-state index contributed by atoms with van der Waals surface area (Å²) in [4.78, 5) is 41.6. The zero-order valence-corrected chi connectivity index (χ0v) is 23.0. The number of hydrogen-bond donors (Lipinski definition) is 1. The van der Waals surface area contributed by atoms with E-state index in [1.807, 2.05) is 23.1 Å². The molecule has 0 saturated carbocycles. The Balaban J connectivity index is 1.36. The van der Waals surface area contributed by atoms with Crippen LogP contribution in [0.15, 0.2) is 58.7 Å². The van der Waals surface area contributed by atoms with Crippen molar-refractivity contribution in [3.63, 3.8) is 0 Å². The van der Waals surface area contributed by atoms with Gasteiger partial charge in [0, 0.05) is 55.6 Å². The summed E-state index contributed by atoms with van der Waals surface area (Å²) in [7, 11) is -2.45. The second kappa shape index (κ2) is 11.1. The zero-order chi connectivity index (χ0) is 27.6. The Bertz CT molecular complexity index is 1660. The Morgan fingerprint density at radius 1 is 1.08 bits per heavy atom. The van der Waals surface area contributed by atoms with Crippen LogP contribution >= 0.6 is 11.3 Å². The number of nitrogens with zero attached hydrogens (tertiary/aromatic N) is 6. The Hall–Kier alpha value is -3.88. The van der Waals surface area contributed by atoms with E-state index >= 15 is 0 Å². The average molecular weight is 570 g/mol. The lowest BCUT2D eigenvalue weighted by atomic mass is 10.2. The third-order valence-corrected chi connectivity index (χ3v) is 9.67. The molecule has 0 aliphatic carbocycles. The summed E-state index contributed by atoms with van der Waals surface area (Å²) in [6.07, 6.45) is 4.56. The molecule has 39 heavy (non-hydrogen) atoms. The van der Waals surface area contributed by atoms with Gasteiger partial charge in [0.1, 0.15) is 22.0 Å². The smallest absolute Gasteiger partial charge is 0.263 e. The summed E-state index contributed by atoms with van der Waals surface area (Å²) in [6.45, 7) is 2.84. The van der Waals surface area contributed by atoms with Gasteiger partial charge in [-0.2, -0.15) is 4.31 Å². The normalized spacial score (nSPS) is 14.5. The van der Waals surface area contributed by atoms with Crippen LogP contribution in [0.2, 0.25) is 0 Å². The van der Waals surface area contributed by atoms with Gasteiger partial charge in [0.15, 0.2) is 0 Å². The number of piperazine rings is 1. The molecule has 1 saturated heterocycles. The maximum atomic E-state index is 13.7. The lowest BCUT2D eigenvalue weighted by Crippen LogP contribution is -2.49. The fraction of sp³-hybridized carbons (Fsp3) is 0.320. The molecule has 0 bridgehead atoms. The number of aromatic nitrogens is 4. The van der Waals surface area contributed by atoms with Crippen molar-refractivity contribution in [1.82, 2.24) is 29.1 Å². The van der Waals surface area contributed by atoms with E-state index in [4.69, 9.17) is 4.74 Å². The van der Waals surface area contributed by atoms with Gasteiger partial charge in [-0.3, -0.25) is 14.2 Å². The molecule has 12 nitrogen and oxygen atoms in total. The Labute approximate surface area is 229 Å². The van der Waals surface area contributed by atoms with Gasteiger partial charge in [-0.1, -0.05) is 18.2 Å². The van der Waals surface area contributed by atoms with Gasteiger partial charge in [0.2, 0.25) is 21.9 Å². The first-order valence-electron chi connectivity index (χ1n) is 12.2. The predicted octanol–water partition coefficient (Wildman–Crippen LogP) is 1.39. The lowest BCUT2D eigenvalue weighted by molar-refractivity contribution is -0.121. The highest BCUT2D eigenvalue weighted by Gasteiger charge is 2.34. The number of hydrogen-bond acceptors (Lipinski definition) is 10.